The number of hydrogen-bond acceptors (Lipinski definition) is 33. The summed E-state index contributed by atoms with van der Waals surface area (Å²) in [5.74, 6) is -2.38. The number of hydrogen-bond donors (Lipinski definition) is 10. The van der Waals surface area contributed by atoms with Crippen LogP contribution in [0.25, 0.3) is 0 Å². The second-order valence-electron chi connectivity index (χ2n) is 22.1. The van der Waals surface area contributed by atoms with Gasteiger partial charge in [-0.3, -0.25) is 34.6 Å². The predicted octanol–water partition coefficient (Wildman–Crippen LogP) is -0.305. The van der Waals surface area contributed by atoms with Gasteiger partial charge in [0.25, 0.3) is 11.4 Å². The number of rotatable bonds is 55. The number of nitrogens with one attached hydrogen (secondary N) is 6. The molecule has 590 valence electrons. The fraction of sp³-hybridized carbons (Fsp3) is 0.656. The molecular formula is C61H88F6N12O26. The minimum atomic E-state index is -4.70. The number of benzene rings is 1. The quantitative estimate of drug-likeness (QED) is 0.00866. The number of carbonyl (C=O) groups excluding carboxylic acids is 3. The highest BCUT2D eigenvalue weighted by atomic mass is 19.4. The van der Waals surface area contributed by atoms with Crippen LogP contribution in [-0.4, -0.2) is 314 Å². The molecule has 2 aromatic heterocycles. The van der Waals surface area contributed by atoms with Crippen LogP contribution < -0.4 is 31.9 Å². The number of nitro groups is 2. The number of aliphatic hydroxyl groups excluding tert-OH is 4. The second kappa shape index (κ2) is 49.7. The highest BCUT2D eigenvalue weighted by Crippen LogP contribution is 2.31. The molecule has 38 nitrogen and oxygen atoms in total. The third-order valence-electron chi connectivity index (χ3n) is 14.2. The molecule has 44 heteroatoms. The molecule has 2 saturated heterocycles. The van der Waals surface area contributed by atoms with E-state index in [1.54, 1.807) is 0 Å². The first kappa shape index (κ1) is 87.6. The fourth-order valence-electron chi connectivity index (χ4n) is 8.91. The smallest absolute Gasteiger partial charge is 0.433 e. The van der Waals surface area contributed by atoms with E-state index < -0.39 is 124 Å². The lowest BCUT2D eigenvalue weighted by Gasteiger charge is -2.37. The minimum absolute atomic E-state index is 0.0171. The van der Waals surface area contributed by atoms with Crippen molar-refractivity contribution in [2.45, 2.75) is 67.1 Å². The van der Waals surface area contributed by atoms with E-state index in [0.717, 1.165) is 49.2 Å². The molecule has 2 aliphatic heterocycles. The maximum atomic E-state index is 13.0. The van der Waals surface area contributed by atoms with Gasteiger partial charge in [0.1, 0.15) is 73.5 Å². The standard InChI is InChI=1S/C61H88F6N12O26/c62-60(63,64)49-3-7-71-58(76-49)74-44-36-104-47(56(85)54(44)83)38-101-30-27-97-25-23-94-20-18-92-15-10-69-51(80)5-12-99-34-41(73-53(82)40-103-32-29-96-22-17-91-14-9-68-43-2-1-42(78(87)88)33-46(43)79(89)90)35-100-13-6-52(81)70-11-16-93-19-21-95-24-26-98-28-31-102-39-48-57(86)55(84)45(37-105-48)75-59-72-8-4-50(77-59)61(65,66)67/h1-8,12-13,33,41,44-45,47-48,54-57,68,83-86H,9-11,14-32,34-40H2,(H,69,80)(H,70,81)(H,73,82)(H,71,74,76)(H,72,75,77)/t41?,44-,45-,47+,48+,54+,55+,56-,57-/m0/s1. The highest BCUT2D eigenvalue weighted by molar-refractivity contribution is 5.87. The normalized spacial score (nSPS) is 19.4. The van der Waals surface area contributed by atoms with Crippen LogP contribution in [0.3, 0.4) is 0 Å². The molecule has 1 aromatic carbocycles. The van der Waals surface area contributed by atoms with Gasteiger partial charge < -0.3 is 123 Å². The first-order valence-corrected chi connectivity index (χ1v) is 32.7. The second-order valence-corrected chi connectivity index (χ2v) is 22.1. The maximum Gasteiger partial charge on any atom is 0.433 e. The number of nitrogens with zero attached hydrogens (tertiary/aromatic N) is 6. The van der Waals surface area contributed by atoms with Gasteiger partial charge in [-0.2, -0.15) is 26.3 Å². The summed E-state index contributed by atoms with van der Waals surface area (Å²) in [5.41, 5.74) is -3.14. The van der Waals surface area contributed by atoms with E-state index in [9.17, 15) is 81.4 Å². The lowest BCUT2D eigenvalue weighted by atomic mass is 9.98. The molecule has 105 heavy (non-hydrogen) atoms. The Bertz CT molecular complexity index is 2930. The number of ether oxygens (including phenoxy) is 15. The topological polar surface area (TPSA) is 481 Å². The number of halogens is 6. The SMILES string of the molecule is O=C(C=COCC(COC=CC(=O)NCCOCCOCCOCCOC[C@H]1OC[C@H](Nc2nccc(C(F)(F)F)n2)[C@@H](O)[C@H]1O)NC(=O)COCCOCCOCCNc1ccc([N+](=O)[O-])cc1[N+](=O)[O-])NCCOCCOCCOCCOC[C@H]1OC[C@H](Nc2nccc(C(F)(F)F)n2)[C@@H](O)[C@H]1O. The Hall–Kier alpha value is -8.03. The molecule has 2 aliphatic rings. The number of alkyl halides is 6. The number of amides is 3. The first-order valence-electron chi connectivity index (χ1n) is 32.7. The Kier molecular flexibility index (Phi) is 41.5. The van der Waals surface area contributed by atoms with Crippen molar-refractivity contribution in [2.75, 3.05) is 207 Å². The van der Waals surface area contributed by atoms with Crippen LogP contribution in [-0.2, 0) is 97.8 Å². The van der Waals surface area contributed by atoms with Gasteiger partial charge in [-0.25, -0.2) is 19.9 Å². The van der Waals surface area contributed by atoms with Crippen molar-refractivity contribution in [3.63, 3.8) is 0 Å². The van der Waals surface area contributed by atoms with Crippen molar-refractivity contribution in [3.05, 3.63) is 99.0 Å². The molecule has 0 aliphatic carbocycles. The van der Waals surface area contributed by atoms with Crippen LogP contribution in [0.15, 0.2) is 67.4 Å². The van der Waals surface area contributed by atoms with E-state index in [1.165, 1.54) is 6.07 Å². The van der Waals surface area contributed by atoms with E-state index in [-0.39, 0.29) is 202 Å². The number of anilines is 3. The number of nitro benzene ring substituents is 2. The number of aromatic nitrogens is 4. The molecule has 2 fully saturated rings. The van der Waals surface area contributed by atoms with Crippen LogP contribution in [0.1, 0.15) is 11.4 Å². The largest absolute Gasteiger partial charge is 0.499 e. The van der Waals surface area contributed by atoms with Crippen molar-refractivity contribution in [2.24, 2.45) is 0 Å². The minimum Gasteiger partial charge on any atom is -0.499 e. The van der Waals surface area contributed by atoms with Gasteiger partial charge in [-0.05, 0) is 18.2 Å². The van der Waals surface area contributed by atoms with Gasteiger partial charge in [0.2, 0.25) is 29.6 Å². The summed E-state index contributed by atoms with van der Waals surface area (Å²) in [5, 5.41) is 80.2. The van der Waals surface area contributed by atoms with Gasteiger partial charge in [0.15, 0.2) is 0 Å². The summed E-state index contributed by atoms with van der Waals surface area (Å²) in [6, 6.07) is 1.83. The molecule has 0 unspecified atom stereocenters. The Labute approximate surface area is 596 Å². The summed E-state index contributed by atoms with van der Waals surface area (Å²) in [7, 11) is 0. The average Bonchev–Trinajstić information content (AvgIpc) is 0.827. The third-order valence-corrected chi connectivity index (χ3v) is 14.2. The zero-order valence-electron chi connectivity index (χ0n) is 56.8. The van der Waals surface area contributed by atoms with E-state index in [4.69, 9.17) is 71.1 Å². The van der Waals surface area contributed by atoms with E-state index >= 15 is 0 Å². The Morgan fingerprint density at radius 3 is 1.32 bits per heavy atom. The maximum absolute atomic E-state index is 13.0. The molecule has 8 atom stereocenters. The lowest BCUT2D eigenvalue weighted by molar-refractivity contribution is -0.393. The molecule has 4 heterocycles. The van der Waals surface area contributed by atoms with Crippen molar-refractivity contribution in [1.82, 2.24) is 35.9 Å². The first-order chi connectivity index (χ1) is 50.5. The predicted molar refractivity (Wildman–Crippen MR) is 348 cm³/mol. The van der Waals surface area contributed by atoms with Gasteiger partial charge in [-0.1, -0.05) is 0 Å². The Morgan fingerprint density at radius 1 is 0.533 bits per heavy atom. The number of non-ortho nitro benzene ring substituents is 1. The van der Waals surface area contributed by atoms with E-state index in [0.29, 0.717) is 12.1 Å². The van der Waals surface area contributed by atoms with Crippen LogP contribution in [0, 0.1) is 20.2 Å². The molecule has 3 aromatic rings. The zero-order valence-corrected chi connectivity index (χ0v) is 56.8. The van der Waals surface area contributed by atoms with Gasteiger partial charge >= 0.3 is 12.4 Å². The average molecular weight is 1520 g/mol. The third kappa shape index (κ3) is 36.2. The summed E-state index contributed by atoms with van der Waals surface area (Å²) < 4.78 is 160. The van der Waals surface area contributed by atoms with Crippen LogP contribution >= 0.6 is 0 Å². The molecule has 0 bridgehead atoms. The number of aliphatic hydroxyl groups is 4. The van der Waals surface area contributed by atoms with E-state index in [1.807, 2.05) is 0 Å². The van der Waals surface area contributed by atoms with Crippen LogP contribution in [0.4, 0.5) is 55.3 Å². The molecule has 0 spiro atoms. The van der Waals surface area contributed by atoms with Crippen LogP contribution in [0.5, 0.6) is 0 Å². The molecule has 10 N–H and O–H groups in total. The summed E-state index contributed by atoms with van der Waals surface area (Å²) >= 11 is 0. The molecule has 5 rings (SSSR count). The Morgan fingerprint density at radius 2 is 0.924 bits per heavy atom. The monoisotopic (exact) mass is 1520 g/mol. The zero-order chi connectivity index (χ0) is 76.1. The Balaban J connectivity index is 0.875. The summed E-state index contributed by atoms with van der Waals surface area (Å²) in [4.78, 5) is 72.8. The molecule has 0 saturated carbocycles. The van der Waals surface area contributed by atoms with Gasteiger partial charge in [0.05, 0.1) is 199 Å². The van der Waals surface area contributed by atoms with Crippen molar-refractivity contribution in [1.29, 1.82) is 0 Å². The van der Waals surface area contributed by atoms with Crippen LogP contribution in [0.2, 0.25) is 0 Å². The lowest BCUT2D eigenvalue weighted by Crippen LogP contribution is -2.57. The highest BCUT2D eigenvalue weighted by Gasteiger charge is 2.41. The van der Waals surface area contributed by atoms with Crippen molar-refractivity contribution >= 4 is 46.7 Å². The summed E-state index contributed by atoms with van der Waals surface area (Å²) in [6.07, 6.45) is -10.7. The molecule has 0 radical (unpaired) electrons. The van der Waals surface area contributed by atoms with Gasteiger partial charge in [-0.15, -0.1) is 0 Å². The van der Waals surface area contributed by atoms with Gasteiger partial charge in [0, 0.05) is 50.2 Å². The number of carbonyl (C=O) groups is 3. The fourth-order valence-corrected chi connectivity index (χ4v) is 8.91. The molecule has 3 amide bonds. The van der Waals surface area contributed by atoms with Crippen molar-refractivity contribution < 1.29 is 142 Å². The van der Waals surface area contributed by atoms with E-state index in [2.05, 4.69) is 51.8 Å². The van der Waals surface area contributed by atoms with Crippen molar-refractivity contribution in [3.8, 4) is 0 Å². The summed E-state index contributed by atoms with van der Waals surface area (Å²) in [6.45, 7) is 2.27. The molecular weight excluding hydrogens is 1430 g/mol.